The molecule has 0 aliphatic heterocycles. The molecule has 2 aromatic rings. The highest BCUT2D eigenvalue weighted by Gasteiger charge is 2.26. The molecule has 0 bridgehead atoms. The molecular weight excluding hydrogens is 254 g/mol. The van der Waals surface area contributed by atoms with Gasteiger partial charge in [-0.2, -0.15) is 0 Å². The molecule has 102 valence electrons. The van der Waals surface area contributed by atoms with Gasteiger partial charge in [0.15, 0.2) is 0 Å². The predicted octanol–water partition coefficient (Wildman–Crippen LogP) is 4.30. The van der Waals surface area contributed by atoms with Crippen LogP contribution < -0.4 is 0 Å². The van der Waals surface area contributed by atoms with Crippen molar-refractivity contribution in [2.24, 2.45) is 5.41 Å². The molecule has 2 rings (SSSR count). The first-order valence-electron chi connectivity index (χ1n) is 6.68. The number of fused-ring (bicyclic) bond motifs is 1. The van der Waals surface area contributed by atoms with E-state index in [0.29, 0.717) is 6.54 Å². The fourth-order valence-electron chi connectivity index (χ4n) is 2.16. The first-order chi connectivity index (χ1) is 8.93. The van der Waals surface area contributed by atoms with Gasteiger partial charge in [-0.25, -0.2) is 0 Å². The maximum atomic E-state index is 12.4. The first-order valence-corrected chi connectivity index (χ1v) is 7.56. The number of carbonyl (C=O) groups excluding carboxylic acids is 1. The lowest BCUT2D eigenvalue weighted by atomic mass is 9.94. The monoisotopic (exact) mass is 275 g/mol. The summed E-state index contributed by atoms with van der Waals surface area (Å²) in [6, 6.07) is 8.38. The average molecular weight is 275 g/mol. The van der Waals surface area contributed by atoms with Gasteiger partial charge in [0.2, 0.25) is 5.91 Å². The van der Waals surface area contributed by atoms with Gasteiger partial charge in [-0.1, -0.05) is 39.0 Å². The van der Waals surface area contributed by atoms with Crippen molar-refractivity contribution >= 4 is 27.3 Å². The Morgan fingerprint density at radius 2 is 1.95 bits per heavy atom. The van der Waals surface area contributed by atoms with Gasteiger partial charge < -0.3 is 4.90 Å². The molecule has 0 saturated heterocycles. The van der Waals surface area contributed by atoms with Crippen LogP contribution in [-0.2, 0) is 11.3 Å². The van der Waals surface area contributed by atoms with E-state index >= 15 is 0 Å². The van der Waals surface area contributed by atoms with Crippen LogP contribution in [-0.4, -0.2) is 17.4 Å². The van der Waals surface area contributed by atoms with Crippen LogP contribution in [0.2, 0.25) is 0 Å². The van der Waals surface area contributed by atoms with E-state index in [1.54, 1.807) is 11.3 Å². The molecule has 0 radical (unpaired) electrons. The second kappa shape index (κ2) is 5.33. The van der Waals surface area contributed by atoms with E-state index < -0.39 is 0 Å². The lowest BCUT2D eigenvalue weighted by molar-refractivity contribution is -0.139. The summed E-state index contributed by atoms with van der Waals surface area (Å²) >= 11 is 1.75. The normalized spacial score (nSPS) is 11.8. The van der Waals surface area contributed by atoms with Crippen LogP contribution >= 0.6 is 11.3 Å². The van der Waals surface area contributed by atoms with Gasteiger partial charge in [0.1, 0.15) is 0 Å². The van der Waals surface area contributed by atoms with Crippen LogP contribution in [0.15, 0.2) is 29.6 Å². The number of benzene rings is 1. The summed E-state index contributed by atoms with van der Waals surface area (Å²) in [5, 5.41) is 3.44. The van der Waals surface area contributed by atoms with E-state index in [0.717, 1.165) is 6.54 Å². The van der Waals surface area contributed by atoms with Crippen molar-refractivity contribution in [3.05, 3.63) is 35.2 Å². The van der Waals surface area contributed by atoms with Crippen LogP contribution in [0.3, 0.4) is 0 Å². The number of rotatable bonds is 3. The SMILES string of the molecule is CCN(Cc1csc2ccccc12)C(=O)C(C)(C)C. The second-order valence-corrected chi connectivity index (χ2v) is 6.74. The Kier molecular flexibility index (Phi) is 3.95. The summed E-state index contributed by atoms with van der Waals surface area (Å²) < 4.78 is 1.29. The zero-order valence-corrected chi connectivity index (χ0v) is 12.9. The Balaban J connectivity index is 2.26. The quantitative estimate of drug-likeness (QED) is 0.818. The number of hydrogen-bond donors (Lipinski definition) is 0. The van der Waals surface area contributed by atoms with Gasteiger partial charge in [0.05, 0.1) is 0 Å². The molecule has 3 heteroatoms. The van der Waals surface area contributed by atoms with Crippen molar-refractivity contribution in [2.75, 3.05) is 6.54 Å². The van der Waals surface area contributed by atoms with Gasteiger partial charge in [-0.3, -0.25) is 4.79 Å². The lowest BCUT2D eigenvalue weighted by Crippen LogP contribution is -2.38. The molecule has 2 nitrogen and oxygen atoms in total. The second-order valence-electron chi connectivity index (χ2n) is 5.83. The van der Waals surface area contributed by atoms with Crippen molar-refractivity contribution in [3.8, 4) is 0 Å². The first kappa shape index (κ1) is 14.1. The minimum atomic E-state index is -0.318. The van der Waals surface area contributed by atoms with Crippen molar-refractivity contribution in [1.82, 2.24) is 4.90 Å². The highest BCUT2D eigenvalue weighted by atomic mass is 32.1. The molecule has 0 fully saturated rings. The Morgan fingerprint density at radius 3 is 2.58 bits per heavy atom. The van der Waals surface area contributed by atoms with Crippen LogP contribution in [0.25, 0.3) is 10.1 Å². The number of carbonyl (C=O) groups is 1. The van der Waals surface area contributed by atoms with Gasteiger partial charge in [-0.15, -0.1) is 11.3 Å². The Labute approximate surface area is 119 Å². The number of nitrogens with zero attached hydrogens (tertiary/aromatic N) is 1. The Bertz CT molecular complexity index is 580. The lowest BCUT2D eigenvalue weighted by Gasteiger charge is -2.28. The van der Waals surface area contributed by atoms with E-state index in [1.165, 1.54) is 15.6 Å². The molecule has 1 aromatic heterocycles. The number of thiophene rings is 1. The zero-order valence-electron chi connectivity index (χ0n) is 12.1. The van der Waals surface area contributed by atoms with E-state index in [9.17, 15) is 4.79 Å². The molecule has 0 aliphatic rings. The molecule has 0 unspecified atom stereocenters. The maximum absolute atomic E-state index is 12.4. The molecule has 1 heterocycles. The fourth-order valence-corrected chi connectivity index (χ4v) is 3.12. The van der Waals surface area contributed by atoms with Crippen molar-refractivity contribution in [2.45, 2.75) is 34.2 Å². The van der Waals surface area contributed by atoms with E-state index in [-0.39, 0.29) is 11.3 Å². The summed E-state index contributed by atoms with van der Waals surface area (Å²) in [6.45, 7) is 9.42. The van der Waals surface area contributed by atoms with E-state index in [2.05, 4.69) is 29.6 Å². The zero-order chi connectivity index (χ0) is 14.0. The van der Waals surface area contributed by atoms with Crippen LogP contribution in [0, 0.1) is 5.41 Å². The summed E-state index contributed by atoms with van der Waals surface area (Å²) in [6.07, 6.45) is 0. The summed E-state index contributed by atoms with van der Waals surface area (Å²) in [5.74, 6) is 0.213. The topological polar surface area (TPSA) is 20.3 Å². The van der Waals surface area contributed by atoms with Gasteiger partial charge >= 0.3 is 0 Å². The fraction of sp³-hybridized carbons (Fsp3) is 0.438. The predicted molar refractivity (Wildman–Crippen MR) is 82.4 cm³/mol. The smallest absolute Gasteiger partial charge is 0.228 e. The van der Waals surface area contributed by atoms with E-state index in [1.807, 2.05) is 32.6 Å². The van der Waals surface area contributed by atoms with Gasteiger partial charge in [0.25, 0.3) is 0 Å². The van der Waals surface area contributed by atoms with Crippen molar-refractivity contribution in [3.63, 3.8) is 0 Å². The highest BCUT2D eigenvalue weighted by Crippen LogP contribution is 2.28. The molecular formula is C16H21NOS. The molecule has 0 saturated carbocycles. The minimum absolute atomic E-state index is 0.213. The van der Waals surface area contributed by atoms with Crippen LogP contribution in [0.4, 0.5) is 0 Å². The third-order valence-corrected chi connectivity index (χ3v) is 4.25. The number of hydrogen-bond acceptors (Lipinski definition) is 2. The molecule has 0 aliphatic carbocycles. The molecule has 0 spiro atoms. The average Bonchev–Trinajstić information content (AvgIpc) is 2.77. The molecule has 0 atom stereocenters. The largest absolute Gasteiger partial charge is 0.338 e. The van der Waals surface area contributed by atoms with Gasteiger partial charge in [-0.05, 0) is 29.3 Å². The third-order valence-electron chi connectivity index (χ3n) is 3.23. The molecule has 19 heavy (non-hydrogen) atoms. The molecule has 1 amide bonds. The minimum Gasteiger partial charge on any atom is -0.338 e. The van der Waals surface area contributed by atoms with E-state index in [4.69, 9.17) is 0 Å². The Hall–Kier alpha value is -1.35. The Morgan fingerprint density at radius 1 is 1.26 bits per heavy atom. The summed E-state index contributed by atoms with van der Waals surface area (Å²) in [7, 11) is 0. The van der Waals surface area contributed by atoms with Crippen molar-refractivity contribution < 1.29 is 4.79 Å². The summed E-state index contributed by atoms with van der Waals surface area (Å²) in [5.41, 5.74) is 0.932. The van der Waals surface area contributed by atoms with Crippen molar-refractivity contribution in [1.29, 1.82) is 0 Å². The van der Waals surface area contributed by atoms with Crippen LogP contribution in [0.5, 0.6) is 0 Å². The van der Waals surface area contributed by atoms with Gasteiger partial charge in [0, 0.05) is 23.2 Å². The standard InChI is InChI=1S/C16H21NOS/c1-5-17(15(18)16(2,3)4)10-12-11-19-14-9-7-6-8-13(12)14/h6-9,11H,5,10H2,1-4H3. The highest BCUT2D eigenvalue weighted by molar-refractivity contribution is 7.17. The summed E-state index contributed by atoms with van der Waals surface area (Å²) in [4.78, 5) is 14.3. The number of amides is 1. The molecule has 1 aromatic carbocycles. The maximum Gasteiger partial charge on any atom is 0.228 e. The molecule has 0 N–H and O–H groups in total. The third kappa shape index (κ3) is 2.98. The van der Waals surface area contributed by atoms with Crippen LogP contribution in [0.1, 0.15) is 33.3 Å².